The molecule has 3 heterocycles. The van der Waals surface area contributed by atoms with Crippen LogP contribution in [0.25, 0.3) is 11.0 Å². The molecule has 0 bridgehead atoms. The highest BCUT2D eigenvalue weighted by Crippen LogP contribution is 2.25. The summed E-state index contributed by atoms with van der Waals surface area (Å²) in [6.45, 7) is 4.88. The highest BCUT2D eigenvalue weighted by molar-refractivity contribution is 5.82. The SMILES string of the molecule is CC(NC(=O)C1CCCN(C(=O)N2CCCC2)C1)c1cc2ccccc2o1. The van der Waals surface area contributed by atoms with Crippen LogP contribution in [0.3, 0.4) is 0 Å². The molecule has 2 unspecified atom stereocenters. The minimum Gasteiger partial charge on any atom is -0.459 e. The number of carbonyl (C=O) groups excluding carboxylic acids is 2. The van der Waals surface area contributed by atoms with Crippen molar-refractivity contribution in [3.05, 3.63) is 36.1 Å². The molecule has 1 aromatic heterocycles. The summed E-state index contributed by atoms with van der Waals surface area (Å²) >= 11 is 0. The van der Waals surface area contributed by atoms with E-state index in [1.165, 1.54) is 0 Å². The molecule has 0 aliphatic carbocycles. The zero-order valence-corrected chi connectivity index (χ0v) is 15.8. The summed E-state index contributed by atoms with van der Waals surface area (Å²) in [4.78, 5) is 29.2. The Hall–Kier alpha value is -2.50. The predicted octanol–water partition coefficient (Wildman–Crippen LogP) is 3.54. The van der Waals surface area contributed by atoms with Gasteiger partial charge in [-0.25, -0.2) is 4.79 Å². The van der Waals surface area contributed by atoms with Crippen LogP contribution in [0.5, 0.6) is 0 Å². The number of nitrogens with one attached hydrogen (secondary N) is 1. The average molecular weight is 369 g/mol. The lowest BCUT2D eigenvalue weighted by atomic mass is 9.97. The number of nitrogens with zero attached hydrogens (tertiary/aromatic N) is 2. The van der Waals surface area contributed by atoms with Crippen molar-refractivity contribution in [2.24, 2.45) is 5.92 Å². The van der Waals surface area contributed by atoms with Gasteiger partial charge in [-0.3, -0.25) is 4.79 Å². The van der Waals surface area contributed by atoms with Crippen LogP contribution >= 0.6 is 0 Å². The highest BCUT2D eigenvalue weighted by Gasteiger charge is 2.32. The lowest BCUT2D eigenvalue weighted by molar-refractivity contribution is -0.127. The number of carbonyl (C=O) groups is 2. The standard InChI is InChI=1S/C21H27N3O3/c1-15(19-13-16-7-2-3-9-18(16)27-19)22-20(25)17-8-6-12-24(14-17)21(26)23-10-4-5-11-23/h2-3,7,9,13,15,17H,4-6,8,10-12,14H2,1H3,(H,22,25). The summed E-state index contributed by atoms with van der Waals surface area (Å²) in [7, 11) is 0. The fourth-order valence-corrected chi connectivity index (χ4v) is 4.09. The molecule has 27 heavy (non-hydrogen) atoms. The maximum absolute atomic E-state index is 12.8. The number of hydrogen-bond acceptors (Lipinski definition) is 3. The predicted molar refractivity (Wildman–Crippen MR) is 103 cm³/mol. The lowest BCUT2D eigenvalue weighted by Gasteiger charge is -2.35. The van der Waals surface area contributed by atoms with Crippen LogP contribution in [0.4, 0.5) is 4.79 Å². The van der Waals surface area contributed by atoms with Crippen molar-refractivity contribution < 1.29 is 14.0 Å². The fraction of sp³-hybridized carbons (Fsp3) is 0.524. The van der Waals surface area contributed by atoms with Gasteiger partial charge in [-0.05, 0) is 44.7 Å². The molecular weight excluding hydrogens is 342 g/mol. The maximum atomic E-state index is 12.8. The van der Waals surface area contributed by atoms with Gasteiger partial charge in [0, 0.05) is 31.6 Å². The minimum atomic E-state index is -0.199. The van der Waals surface area contributed by atoms with Crippen LogP contribution in [0, 0.1) is 5.92 Å². The van der Waals surface area contributed by atoms with E-state index in [4.69, 9.17) is 4.42 Å². The second-order valence-electron chi connectivity index (χ2n) is 7.68. The van der Waals surface area contributed by atoms with Gasteiger partial charge in [-0.15, -0.1) is 0 Å². The van der Waals surface area contributed by atoms with E-state index in [9.17, 15) is 9.59 Å². The lowest BCUT2D eigenvalue weighted by Crippen LogP contribution is -2.49. The monoisotopic (exact) mass is 369 g/mol. The molecule has 2 aliphatic rings. The number of amides is 3. The number of piperidine rings is 1. The van der Waals surface area contributed by atoms with E-state index in [-0.39, 0.29) is 23.9 Å². The molecule has 6 nitrogen and oxygen atoms in total. The number of furan rings is 1. The van der Waals surface area contributed by atoms with Crippen molar-refractivity contribution in [2.45, 2.75) is 38.6 Å². The molecule has 2 fully saturated rings. The highest BCUT2D eigenvalue weighted by atomic mass is 16.3. The number of benzene rings is 1. The van der Waals surface area contributed by atoms with E-state index in [0.29, 0.717) is 6.54 Å². The van der Waals surface area contributed by atoms with Gasteiger partial charge < -0.3 is 19.5 Å². The largest absolute Gasteiger partial charge is 0.459 e. The summed E-state index contributed by atoms with van der Waals surface area (Å²) in [6, 6.07) is 9.71. The average Bonchev–Trinajstić information content (AvgIpc) is 3.37. The molecule has 0 radical (unpaired) electrons. The number of urea groups is 1. The first-order valence-electron chi connectivity index (χ1n) is 9.94. The summed E-state index contributed by atoms with van der Waals surface area (Å²) in [5.41, 5.74) is 0.827. The quantitative estimate of drug-likeness (QED) is 0.900. The van der Waals surface area contributed by atoms with Crippen LogP contribution < -0.4 is 5.32 Å². The van der Waals surface area contributed by atoms with Crippen molar-refractivity contribution in [1.82, 2.24) is 15.1 Å². The van der Waals surface area contributed by atoms with Crippen molar-refractivity contribution in [1.29, 1.82) is 0 Å². The Morgan fingerprint density at radius 1 is 1.11 bits per heavy atom. The summed E-state index contributed by atoms with van der Waals surface area (Å²) < 4.78 is 5.86. The Bertz CT molecular complexity index is 792. The Morgan fingerprint density at radius 3 is 2.63 bits per heavy atom. The molecule has 1 N–H and O–H groups in total. The first kappa shape index (κ1) is 17.9. The Morgan fingerprint density at radius 2 is 1.85 bits per heavy atom. The van der Waals surface area contributed by atoms with Gasteiger partial charge in [0.05, 0.1) is 12.0 Å². The number of para-hydroxylation sites is 1. The van der Waals surface area contributed by atoms with Crippen molar-refractivity contribution >= 4 is 22.9 Å². The van der Waals surface area contributed by atoms with Gasteiger partial charge >= 0.3 is 6.03 Å². The van der Waals surface area contributed by atoms with E-state index >= 15 is 0 Å². The molecule has 144 valence electrons. The fourth-order valence-electron chi connectivity index (χ4n) is 4.09. The Balaban J connectivity index is 1.37. The zero-order chi connectivity index (χ0) is 18.8. The molecule has 3 amide bonds. The van der Waals surface area contributed by atoms with Crippen LogP contribution in [0.15, 0.2) is 34.7 Å². The third-order valence-electron chi connectivity index (χ3n) is 5.67. The van der Waals surface area contributed by atoms with Crippen LogP contribution in [-0.4, -0.2) is 47.9 Å². The molecule has 0 spiro atoms. The molecule has 0 saturated carbocycles. The number of likely N-dealkylation sites (tertiary alicyclic amines) is 2. The Kier molecular flexibility index (Phi) is 5.05. The zero-order valence-electron chi connectivity index (χ0n) is 15.8. The van der Waals surface area contributed by atoms with Crippen molar-refractivity contribution in [2.75, 3.05) is 26.2 Å². The van der Waals surface area contributed by atoms with E-state index in [2.05, 4.69) is 5.32 Å². The summed E-state index contributed by atoms with van der Waals surface area (Å²) in [5.74, 6) is 0.601. The van der Waals surface area contributed by atoms with Crippen molar-refractivity contribution in [3.63, 3.8) is 0 Å². The minimum absolute atomic E-state index is 0.00174. The maximum Gasteiger partial charge on any atom is 0.320 e. The topological polar surface area (TPSA) is 65.8 Å². The van der Waals surface area contributed by atoms with E-state index < -0.39 is 0 Å². The van der Waals surface area contributed by atoms with Crippen LogP contribution in [0.2, 0.25) is 0 Å². The number of fused-ring (bicyclic) bond motifs is 1. The van der Waals surface area contributed by atoms with Gasteiger partial charge in [0.25, 0.3) is 0 Å². The first-order valence-corrected chi connectivity index (χ1v) is 9.94. The second-order valence-corrected chi connectivity index (χ2v) is 7.68. The van der Waals surface area contributed by atoms with Gasteiger partial charge in [0.15, 0.2) is 0 Å². The first-order chi connectivity index (χ1) is 13.1. The molecular formula is C21H27N3O3. The van der Waals surface area contributed by atoms with Crippen LogP contribution in [-0.2, 0) is 4.79 Å². The molecule has 4 rings (SSSR count). The third kappa shape index (κ3) is 3.80. The second kappa shape index (κ2) is 7.62. The normalized spacial score (nSPS) is 21.4. The molecule has 2 atom stereocenters. The van der Waals surface area contributed by atoms with E-state index in [1.807, 2.05) is 47.1 Å². The summed E-state index contributed by atoms with van der Waals surface area (Å²) in [5, 5.41) is 4.11. The van der Waals surface area contributed by atoms with E-state index in [1.54, 1.807) is 0 Å². The van der Waals surface area contributed by atoms with E-state index in [0.717, 1.165) is 62.0 Å². The molecule has 1 aromatic carbocycles. The van der Waals surface area contributed by atoms with Crippen LogP contribution in [0.1, 0.15) is 44.4 Å². The molecule has 2 aliphatic heterocycles. The number of hydrogen-bond donors (Lipinski definition) is 1. The van der Waals surface area contributed by atoms with Gasteiger partial charge in [-0.2, -0.15) is 0 Å². The smallest absolute Gasteiger partial charge is 0.320 e. The van der Waals surface area contributed by atoms with Gasteiger partial charge in [0.1, 0.15) is 11.3 Å². The van der Waals surface area contributed by atoms with Gasteiger partial charge in [-0.1, -0.05) is 18.2 Å². The molecule has 6 heteroatoms. The number of rotatable bonds is 3. The Labute approximate surface area is 159 Å². The van der Waals surface area contributed by atoms with Crippen molar-refractivity contribution in [3.8, 4) is 0 Å². The van der Waals surface area contributed by atoms with Gasteiger partial charge in [0.2, 0.25) is 5.91 Å². The molecule has 2 saturated heterocycles. The summed E-state index contributed by atoms with van der Waals surface area (Å²) in [6.07, 6.45) is 3.86. The third-order valence-corrected chi connectivity index (χ3v) is 5.67. The molecule has 2 aromatic rings.